The van der Waals surface area contributed by atoms with E-state index in [1.807, 2.05) is 0 Å². The number of benzene rings is 1. The van der Waals surface area contributed by atoms with Crippen LogP contribution in [0.25, 0.3) is 0 Å². The molecule has 0 aliphatic carbocycles. The van der Waals surface area contributed by atoms with Crippen LogP contribution >= 0.6 is 38.9 Å². The Morgan fingerprint density at radius 3 is 2.25 bits per heavy atom. The van der Waals surface area contributed by atoms with E-state index < -0.39 is 10.0 Å². The molecule has 0 atom stereocenters. The Morgan fingerprint density at radius 2 is 1.80 bits per heavy atom. The van der Waals surface area contributed by atoms with Gasteiger partial charge in [-0.3, -0.25) is 4.72 Å². The van der Waals surface area contributed by atoms with E-state index in [0.29, 0.717) is 20.2 Å². The van der Waals surface area contributed by atoms with Crippen LogP contribution in [0.4, 0.5) is 11.4 Å². The summed E-state index contributed by atoms with van der Waals surface area (Å²) in [6.45, 7) is 3.61. The third kappa shape index (κ3) is 3.11. The van der Waals surface area contributed by atoms with Crippen molar-refractivity contribution in [3.63, 3.8) is 0 Å². The molecule has 1 heterocycles. The van der Waals surface area contributed by atoms with Gasteiger partial charge in [0.2, 0.25) is 0 Å². The fraction of sp³-hybridized carbons (Fsp3) is 0.167. The SMILES string of the molecule is Cc1cc(N)cc(C)c1NS(=O)(=O)c1cc(Cl)c(Br)s1. The van der Waals surface area contributed by atoms with Gasteiger partial charge in [0.15, 0.2) is 0 Å². The molecule has 0 saturated heterocycles. The molecule has 108 valence electrons. The summed E-state index contributed by atoms with van der Waals surface area (Å²) in [4.78, 5) is 0. The van der Waals surface area contributed by atoms with Crippen molar-refractivity contribution in [2.24, 2.45) is 0 Å². The first-order chi connectivity index (χ1) is 9.20. The number of nitrogens with two attached hydrogens (primary N) is 1. The largest absolute Gasteiger partial charge is 0.399 e. The lowest BCUT2D eigenvalue weighted by molar-refractivity contribution is 0.603. The van der Waals surface area contributed by atoms with Gasteiger partial charge in [-0.25, -0.2) is 8.42 Å². The van der Waals surface area contributed by atoms with E-state index in [1.54, 1.807) is 26.0 Å². The molecule has 0 fully saturated rings. The van der Waals surface area contributed by atoms with Crippen molar-refractivity contribution in [2.45, 2.75) is 18.1 Å². The number of hydrogen-bond acceptors (Lipinski definition) is 4. The molecule has 0 radical (unpaired) electrons. The number of nitrogen functional groups attached to an aromatic ring is 1. The second kappa shape index (κ2) is 5.55. The first-order valence-corrected chi connectivity index (χ1v) is 9.02. The number of thiophene rings is 1. The quantitative estimate of drug-likeness (QED) is 0.766. The molecular weight excluding hydrogens is 384 g/mol. The van der Waals surface area contributed by atoms with Crippen molar-refractivity contribution < 1.29 is 8.42 Å². The van der Waals surface area contributed by atoms with Gasteiger partial charge >= 0.3 is 0 Å². The molecule has 0 aliphatic heterocycles. The predicted octanol–water partition coefficient (Wildman–Crippen LogP) is 4.16. The number of nitrogens with one attached hydrogen (secondary N) is 1. The summed E-state index contributed by atoms with van der Waals surface area (Å²) in [5, 5.41) is 0.376. The van der Waals surface area contributed by atoms with Gasteiger partial charge in [-0.05, 0) is 59.1 Å². The number of halogens is 2. The van der Waals surface area contributed by atoms with Crippen molar-refractivity contribution in [3.05, 3.63) is 38.1 Å². The topological polar surface area (TPSA) is 72.2 Å². The molecule has 3 N–H and O–H groups in total. The Morgan fingerprint density at radius 1 is 1.25 bits per heavy atom. The summed E-state index contributed by atoms with van der Waals surface area (Å²) < 4.78 is 28.0. The van der Waals surface area contributed by atoms with Gasteiger partial charge in [-0.2, -0.15) is 0 Å². The van der Waals surface area contributed by atoms with Gasteiger partial charge in [0.05, 0.1) is 14.5 Å². The summed E-state index contributed by atoms with van der Waals surface area (Å²) in [5.74, 6) is 0. The Labute approximate surface area is 135 Å². The summed E-state index contributed by atoms with van der Waals surface area (Å²) in [6, 6.07) is 4.87. The average molecular weight is 396 g/mol. The second-order valence-corrected chi connectivity index (χ2v) is 9.01. The molecule has 0 spiro atoms. The van der Waals surface area contributed by atoms with Crippen LogP contribution in [0, 0.1) is 13.8 Å². The van der Waals surface area contributed by atoms with Crippen molar-refractivity contribution >= 4 is 60.3 Å². The highest BCUT2D eigenvalue weighted by Crippen LogP contribution is 2.36. The molecule has 0 bridgehead atoms. The highest BCUT2D eigenvalue weighted by molar-refractivity contribution is 9.11. The fourth-order valence-electron chi connectivity index (χ4n) is 1.80. The number of hydrogen-bond donors (Lipinski definition) is 2. The van der Waals surface area contributed by atoms with E-state index in [1.165, 1.54) is 6.07 Å². The Kier molecular flexibility index (Phi) is 4.34. The van der Waals surface area contributed by atoms with Gasteiger partial charge in [0.25, 0.3) is 10.0 Å². The Balaban J connectivity index is 2.43. The van der Waals surface area contributed by atoms with Crippen molar-refractivity contribution in [1.29, 1.82) is 0 Å². The molecule has 4 nitrogen and oxygen atoms in total. The zero-order chi connectivity index (χ0) is 15.1. The number of sulfonamides is 1. The lowest BCUT2D eigenvalue weighted by Gasteiger charge is -2.13. The van der Waals surface area contributed by atoms with Crippen LogP contribution in [0.2, 0.25) is 5.02 Å². The minimum absolute atomic E-state index is 0.157. The van der Waals surface area contributed by atoms with Crippen LogP contribution in [-0.4, -0.2) is 8.42 Å². The predicted molar refractivity (Wildman–Crippen MR) is 88.2 cm³/mol. The minimum atomic E-state index is -3.66. The number of anilines is 2. The van der Waals surface area contributed by atoms with E-state index in [0.717, 1.165) is 22.5 Å². The molecule has 20 heavy (non-hydrogen) atoms. The number of rotatable bonds is 3. The fourth-order valence-corrected chi connectivity index (χ4v) is 5.40. The standard InChI is InChI=1S/C12H12BrClN2O2S2/c1-6-3-8(15)4-7(2)11(6)16-20(17,18)10-5-9(14)12(13)19-10/h3-5,16H,15H2,1-2H3. The number of aryl methyl sites for hydroxylation is 2. The highest BCUT2D eigenvalue weighted by Gasteiger charge is 2.20. The van der Waals surface area contributed by atoms with Gasteiger partial charge in [0, 0.05) is 5.69 Å². The smallest absolute Gasteiger partial charge is 0.271 e. The maximum atomic E-state index is 12.3. The minimum Gasteiger partial charge on any atom is -0.399 e. The summed E-state index contributed by atoms with van der Waals surface area (Å²) >= 11 is 10.2. The van der Waals surface area contributed by atoms with Gasteiger partial charge < -0.3 is 5.73 Å². The van der Waals surface area contributed by atoms with Crippen LogP contribution in [0.5, 0.6) is 0 Å². The molecule has 0 amide bonds. The van der Waals surface area contributed by atoms with Crippen LogP contribution in [0.1, 0.15) is 11.1 Å². The third-order valence-corrected chi connectivity index (χ3v) is 6.98. The Hall–Kier alpha value is -0.760. The second-order valence-electron chi connectivity index (χ2n) is 4.32. The van der Waals surface area contributed by atoms with Crippen LogP contribution in [0.15, 0.2) is 26.2 Å². The molecule has 0 saturated carbocycles. The zero-order valence-corrected chi connectivity index (χ0v) is 14.7. The third-order valence-electron chi connectivity index (χ3n) is 2.68. The van der Waals surface area contributed by atoms with Gasteiger partial charge in [-0.1, -0.05) is 11.6 Å². The van der Waals surface area contributed by atoms with E-state index in [4.69, 9.17) is 17.3 Å². The summed E-state index contributed by atoms with van der Waals surface area (Å²) in [7, 11) is -3.66. The van der Waals surface area contributed by atoms with Crippen LogP contribution < -0.4 is 10.5 Å². The monoisotopic (exact) mass is 394 g/mol. The molecular formula is C12H12BrClN2O2S2. The summed E-state index contributed by atoms with van der Waals surface area (Å²) in [6.07, 6.45) is 0. The van der Waals surface area contributed by atoms with E-state index >= 15 is 0 Å². The zero-order valence-electron chi connectivity index (χ0n) is 10.7. The van der Waals surface area contributed by atoms with Gasteiger partial charge in [0.1, 0.15) is 4.21 Å². The highest BCUT2D eigenvalue weighted by atomic mass is 79.9. The van der Waals surface area contributed by atoms with Crippen LogP contribution in [-0.2, 0) is 10.0 Å². The summed E-state index contributed by atoms with van der Waals surface area (Å²) in [5.41, 5.74) is 8.41. The van der Waals surface area contributed by atoms with E-state index in [9.17, 15) is 8.42 Å². The molecule has 2 aromatic rings. The lowest BCUT2D eigenvalue weighted by Crippen LogP contribution is -2.13. The normalized spacial score (nSPS) is 11.6. The van der Waals surface area contributed by atoms with E-state index in [2.05, 4.69) is 20.7 Å². The molecule has 0 aliphatic rings. The maximum absolute atomic E-state index is 12.3. The first kappa shape index (κ1) is 15.6. The lowest BCUT2D eigenvalue weighted by atomic mass is 10.1. The Bertz CT molecular complexity index is 729. The molecule has 2 rings (SSSR count). The molecule has 1 aromatic carbocycles. The molecule has 8 heteroatoms. The van der Waals surface area contributed by atoms with Crippen molar-refractivity contribution in [1.82, 2.24) is 0 Å². The van der Waals surface area contributed by atoms with Gasteiger partial charge in [-0.15, -0.1) is 11.3 Å². The maximum Gasteiger partial charge on any atom is 0.271 e. The van der Waals surface area contributed by atoms with Crippen LogP contribution in [0.3, 0.4) is 0 Å². The van der Waals surface area contributed by atoms with Crippen molar-refractivity contribution in [2.75, 3.05) is 10.5 Å². The first-order valence-electron chi connectivity index (χ1n) is 5.55. The molecule has 1 aromatic heterocycles. The average Bonchev–Trinajstić information content (AvgIpc) is 2.65. The van der Waals surface area contributed by atoms with E-state index in [-0.39, 0.29) is 4.21 Å². The van der Waals surface area contributed by atoms with Crippen molar-refractivity contribution in [3.8, 4) is 0 Å². The molecule has 0 unspecified atom stereocenters.